The molecule has 128 valence electrons. The first kappa shape index (κ1) is 16.3. The van der Waals surface area contributed by atoms with Gasteiger partial charge in [0.15, 0.2) is 0 Å². The molecule has 7 nitrogen and oxygen atoms in total. The first-order valence-electron chi connectivity index (χ1n) is 8.13. The Morgan fingerprint density at radius 2 is 2.00 bits per heavy atom. The number of imidazole rings is 1. The fraction of sp³-hybridized carbons (Fsp3) is 0.412. The normalized spacial score (nSPS) is 15.3. The second kappa shape index (κ2) is 7.83. The fourth-order valence-electron chi connectivity index (χ4n) is 2.79. The lowest BCUT2D eigenvalue weighted by atomic mass is 10.3. The lowest BCUT2D eigenvalue weighted by Crippen LogP contribution is -2.50. The molecule has 2 heterocycles. The summed E-state index contributed by atoms with van der Waals surface area (Å²) in [4.78, 5) is 20.7. The zero-order valence-electron chi connectivity index (χ0n) is 13.9. The van der Waals surface area contributed by atoms with E-state index in [4.69, 9.17) is 4.74 Å². The zero-order valence-corrected chi connectivity index (χ0v) is 13.9. The van der Waals surface area contributed by atoms with Gasteiger partial charge >= 0.3 is 6.03 Å². The van der Waals surface area contributed by atoms with Gasteiger partial charge in [-0.1, -0.05) is 12.1 Å². The van der Waals surface area contributed by atoms with Crippen molar-refractivity contribution in [3.63, 3.8) is 0 Å². The third kappa shape index (κ3) is 4.05. The van der Waals surface area contributed by atoms with E-state index in [-0.39, 0.29) is 6.03 Å². The van der Waals surface area contributed by atoms with Crippen LogP contribution < -0.4 is 10.1 Å². The highest BCUT2D eigenvalue weighted by Gasteiger charge is 2.21. The molecule has 0 spiro atoms. The van der Waals surface area contributed by atoms with E-state index in [9.17, 15) is 4.79 Å². The molecule has 1 fully saturated rings. The number of nitrogens with zero attached hydrogens (tertiary/aromatic N) is 4. The minimum Gasteiger partial charge on any atom is -0.495 e. The van der Waals surface area contributed by atoms with Crippen LogP contribution in [0.3, 0.4) is 0 Å². The number of anilines is 1. The van der Waals surface area contributed by atoms with E-state index in [1.807, 2.05) is 41.7 Å². The molecule has 0 saturated carbocycles. The summed E-state index contributed by atoms with van der Waals surface area (Å²) in [5.74, 6) is 0.671. The van der Waals surface area contributed by atoms with E-state index in [0.717, 1.165) is 39.3 Å². The first-order chi connectivity index (χ1) is 11.8. The Morgan fingerprint density at radius 1 is 1.21 bits per heavy atom. The van der Waals surface area contributed by atoms with Crippen molar-refractivity contribution in [1.29, 1.82) is 0 Å². The van der Waals surface area contributed by atoms with Crippen molar-refractivity contribution < 1.29 is 9.53 Å². The van der Waals surface area contributed by atoms with E-state index in [0.29, 0.717) is 11.4 Å². The zero-order chi connectivity index (χ0) is 16.8. The lowest BCUT2D eigenvalue weighted by molar-refractivity contribution is 0.144. The molecule has 0 radical (unpaired) electrons. The molecule has 1 aromatic heterocycles. The Hall–Kier alpha value is -2.54. The standard InChI is InChI=1S/C17H23N5O2/c1-24-16-5-3-2-4-15(16)19-17(23)22-12-10-20(11-13-22)8-9-21-7-6-18-14-21/h2-7,14H,8-13H2,1H3,(H,19,23). The number of benzene rings is 1. The summed E-state index contributed by atoms with van der Waals surface area (Å²) in [5.41, 5.74) is 0.701. The van der Waals surface area contributed by atoms with Crippen LogP contribution in [0.2, 0.25) is 0 Å². The molecule has 3 rings (SSSR count). The molecule has 1 saturated heterocycles. The number of amides is 2. The summed E-state index contributed by atoms with van der Waals surface area (Å²) in [6.45, 7) is 5.11. The fourth-order valence-corrected chi connectivity index (χ4v) is 2.79. The quantitative estimate of drug-likeness (QED) is 0.908. The van der Waals surface area contributed by atoms with Crippen LogP contribution in [0, 0.1) is 0 Å². The third-order valence-electron chi connectivity index (χ3n) is 4.24. The molecule has 0 aliphatic carbocycles. The molecule has 7 heteroatoms. The smallest absolute Gasteiger partial charge is 0.322 e. The van der Waals surface area contributed by atoms with Gasteiger partial charge < -0.3 is 19.5 Å². The molecule has 1 aromatic carbocycles. The van der Waals surface area contributed by atoms with Crippen LogP contribution in [-0.4, -0.2) is 65.2 Å². The van der Waals surface area contributed by atoms with E-state index >= 15 is 0 Å². The van der Waals surface area contributed by atoms with Crippen molar-refractivity contribution in [2.45, 2.75) is 6.54 Å². The minimum atomic E-state index is -0.0752. The van der Waals surface area contributed by atoms with Gasteiger partial charge in [-0.15, -0.1) is 0 Å². The average Bonchev–Trinajstić information content (AvgIpc) is 3.14. The van der Waals surface area contributed by atoms with Gasteiger partial charge in [0.1, 0.15) is 5.75 Å². The monoisotopic (exact) mass is 329 g/mol. The van der Waals surface area contributed by atoms with Crippen LogP contribution in [0.1, 0.15) is 0 Å². The Labute approximate surface area is 141 Å². The van der Waals surface area contributed by atoms with Gasteiger partial charge in [0, 0.05) is 51.7 Å². The number of methoxy groups -OCH3 is 1. The second-order valence-corrected chi connectivity index (χ2v) is 5.76. The summed E-state index contributed by atoms with van der Waals surface area (Å²) in [6, 6.07) is 7.37. The maximum atomic E-state index is 12.4. The highest BCUT2D eigenvalue weighted by atomic mass is 16.5. The van der Waals surface area contributed by atoms with Crippen LogP contribution in [0.4, 0.5) is 10.5 Å². The van der Waals surface area contributed by atoms with Crippen molar-refractivity contribution in [1.82, 2.24) is 19.4 Å². The number of aromatic nitrogens is 2. The van der Waals surface area contributed by atoms with Crippen LogP contribution >= 0.6 is 0 Å². The topological polar surface area (TPSA) is 62.6 Å². The lowest BCUT2D eigenvalue weighted by Gasteiger charge is -2.34. The molecule has 0 unspecified atom stereocenters. The molecule has 24 heavy (non-hydrogen) atoms. The molecule has 2 aromatic rings. The maximum absolute atomic E-state index is 12.4. The summed E-state index contributed by atoms with van der Waals surface area (Å²) in [7, 11) is 1.60. The molecule has 1 N–H and O–H groups in total. The number of piperazine rings is 1. The van der Waals surface area contributed by atoms with E-state index in [1.54, 1.807) is 13.3 Å². The molecule has 1 aliphatic heterocycles. The summed E-state index contributed by atoms with van der Waals surface area (Å²) in [6.07, 6.45) is 5.59. The summed E-state index contributed by atoms with van der Waals surface area (Å²) in [5, 5.41) is 2.93. The maximum Gasteiger partial charge on any atom is 0.322 e. The largest absolute Gasteiger partial charge is 0.495 e. The Morgan fingerprint density at radius 3 is 2.71 bits per heavy atom. The Bertz CT molecular complexity index is 651. The van der Waals surface area contributed by atoms with Crippen LogP contribution in [-0.2, 0) is 6.54 Å². The van der Waals surface area contributed by atoms with E-state index < -0.39 is 0 Å². The van der Waals surface area contributed by atoms with Gasteiger partial charge in [0.05, 0.1) is 19.1 Å². The van der Waals surface area contributed by atoms with Gasteiger partial charge in [-0.25, -0.2) is 9.78 Å². The third-order valence-corrected chi connectivity index (χ3v) is 4.24. The van der Waals surface area contributed by atoms with Gasteiger partial charge in [0.2, 0.25) is 0 Å². The molecular weight excluding hydrogens is 306 g/mol. The Kier molecular flexibility index (Phi) is 5.32. The number of carbonyl (C=O) groups is 1. The number of para-hydroxylation sites is 2. The van der Waals surface area contributed by atoms with Crippen molar-refractivity contribution in [3.8, 4) is 5.75 Å². The summed E-state index contributed by atoms with van der Waals surface area (Å²) < 4.78 is 7.34. The number of ether oxygens (including phenoxy) is 1. The van der Waals surface area contributed by atoms with Crippen LogP contribution in [0.5, 0.6) is 5.75 Å². The number of hydrogen-bond donors (Lipinski definition) is 1. The molecule has 1 aliphatic rings. The highest BCUT2D eigenvalue weighted by molar-refractivity contribution is 5.91. The van der Waals surface area contributed by atoms with Crippen molar-refractivity contribution in [2.75, 3.05) is 45.2 Å². The van der Waals surface area contributed by atoms with Gasteiger partial charge in [-0.05, 0) is 12.1 Å². The first-order valence-corrected chi connectivity index (χ1v) is 8.13. The number of nitrogens with one attached hydrogen (secondary N) is 1. The predicted octanol–water partition coefficient (Wildman–Crippen LogP) is 1.74. The molecule has 2 amide bonds. The molecule has 0 bridgehead atoms. The number of hydrogen-bond acceptors (Lipinski definition) is 4. The Balaban J connectivity index is 1.46. The van der Waals surface area contributed by atoms with Crippen molar-refractivity contribution in [2.24, 2.45) is 0 Å². The molecule has 0 atom stereocenters. The SMILES string of the molecule is COc1ccccc1NC(=O)N1CCN(CCn2ccnc2)CC1. The van der Waals surface area contributed by atoms with Crippen LogP contribution in [0.25, 0.3) is 0 Å². The van der Waals surface area contributed by atoms with Gasteiger partial charge in [0.25, 0.3) is 0 Å². The minimum absolute atomic E-state index is 0.0752. The van der Waals surface area contributed by atoms with Gasteiger partial charge in [-0.3, -0.25) is 4.90 Å². The number of carbonyl (C=O) groups excluding carboxylic acids is 1. The van der Waals surface area contributed by atoms with E-state index in [1.165, 1.54) is 0 Å². The van der Waals surface area contributed by atoms with Gasteiger partial charge in [-0.2, -0.15) is 0 Å². The highest BCUT2D eigenvalue weighted by Crippen LogP contribution is 2.23. The summed E-state index contributed by atoms with van der Waals surface area (Å²) >= 11 is 0. The van der Waals surface area contributed by atoms with Crippen molar-refractivity contribution in [3.05, 3.63) is 43.0 Å². The average molecular weight is 329 g/mol. The van der Waals surface area contributed by atoms with E-state index in [2.05, 4.69) is 19.8 Å². The van der Waals surface area contributed by atoms with Crippen molar-refractivity contribution >= 4 is 11.7 Å². The number of urea groups is 1. The number of rotatable bonds is 5. The molecular formula is C17H23N5O2. The van der Waals surface area contributed by atoms with Crippen LogP contribution in [0.15, 0.2) is 43.0 Å². The second-order valence-electron chi connectivity index (χ2n) is 5.76. The predicted molar refractivity (Wildman–Crippen MR) is 92.3 cm³/mol.